The van der Waals surface area contributed by atoms with Crippen LogP contribution in [0.3, 0.4) is 0 Å². The molecular weight excluding hydrogens is 372 g/mol. The Morgan fingerprint density at radius 2 is 1.63 bits per heavy atom. The lowest BCUT2D eigenvalue weighted by atomic mass is 9.98. The minimum atomic E-state index is -0.477. The number of hydrogen-bond donors (Lipinski definition) is 0. The summed E-state index contributed by atoms with van der Waals surface area (Å²) in [6, 6.07) is 27.9. The van der Waals surface area contributed by atoms with E-state index in [4.69, 9.17) is 9.72 Å². The highest BCUT2D eigenvalue weighted by Gasteiger charge is 2.27. The van der Waals surface area contributed by atoms with Crippen molar-refractivity contribution in [1.29, 1.82) is 0 Å². The minimum Gasteiger partial charge on any atom is -0.461 e. The van der Waals surface area contributed by atoms with Gasteiger partial charge in [-0.3, -0.25) is 4.79 Å². The van der Waals surface area contributed by atoms with Crippen LogP contribution in [0.15, 0.2) is 91.0 Å². The molecule has 4 rings (SSSR count). The molecule has 0 aliphatic carbocycles. The van der Waals surface area contributed by atoms with Gasteiger partial charge in [-0.15, -0.1) is 0 Å². The summed E-state index contributed by atoms with van der Waals surface area (Å²) in [6.45, 7) is 0.225. The quantitative estimate of drug-likeness (QED) is 0.406. The zero-order valence-corrected chi connectivity index (χ0v) is 16.9. The van der Waals surface area contributed by atoms with Crippen molar-refractivity contribution >= 4 is 23.1 Å². The van der Waals surface area contributed by atoms with Crippen LogP contribution in [0.5, 0.6) is 0 Å². The molecule has 0 spiro atoms. The molecule has 1 aromatic heterocycles. The molecule has 0 radical (unpaired) electrons. The first-order chi connectivity index (χ1) is 14.7. The van der Waals surface area contributed by atoms with Gasteiger partial charge in [0.05, 0.1) is 11.0 Å². The van der Waals surface area contributed by atoms with Crippen LogP contribution in [0.25, 0.3) is 17.1 Å². The monoisotopic (exact) mass is 396 g/mol. The fourth-order valence-corrected chi connectivity index (χ4v) is 3.58. The molecule has 0 aliphatic heterocycles. The minimum absolute atomic E-state index is 0.225. The van der Waals surface area contributed by atoms with E-state index in [2.05, 4.69) is 0 Å². The van der Waals surface area contributed by atoms with Gasteiger partial charge in [-0.25, -0.2) is 4.98 Å². The number of fused-ring (bicyclic) bond motifs is 1. The van der Waals surface area contributed by atoms with Crippen LogP contribution in [-0.2, 0) is 23.0 Å². The van der Waals surface area contributed by atoms with Crippen LogP contribution >= 0.6 is 0 Å². The number of para-hydroxylation sites is 2. The number of esters is 1. The average molecular weight is 396 g/mol. The second kappa shape index (κ2) is 9.23. The van der Waals surface area contributed by atoms with Crippen molar-refractivity contribution in [3.05, 3.63) is 108 Å². The predicted molar refractivity (Wildman–Crippen MR) is 120 cm³/mol. The van der Waals surface area contributed by atoms with E-state index in [1.807, 2.05) is 109 Å². The molecule has 0 bridgehead atoms. The summed E-state index contributed by atoms with van der Waals surface area (Å²) in [4.78, 5) is 17.8. The number of ether oxygens (including phenoxy) is 1. The number of imidazole rings is 1. The third-order valence-electron chi connectivity index (χ3n) is 5.13. The lowest BCUT2D eigenvalue weighted by molar-refractivity contribution is -0.144. The van der Waals surface area contributed by atoms with Gasteiger partial charge in [-0.05, 0) is 35.8 Å². The number of aryl methyl sites for hydroxylation is 1. The lowest BCUT2D eigenvalue weighted by Gasteiger charge is -2.16. The third-order valence-corrected chi connectivity index (χ3v) is 5.13. The summed E-state index contributed by atoms with van der Waals surface area (Å²) in [7, 11) is 1.95. The number of nitrogens with zero attached hydrogens (tertiary/aromatic N) is 2. The van der Waals surface area contributed by atoms with Crippen LogP contribution in [0.2, 0.25) is 0 Å². The molecule has 0 aliphatic rings. The molecule has 4 aromatic rings. The predicted octanol–water partition coefficient (Wildman–Crippen LogP) is 5.16. The van der Waals surface area contributed by atoms with Gasteiger partial charge < -0.3 is 9.30 Å². The normalized spacial score (nSPS) is 12.3. The summed E-state index contributed by atoms with van der Waals surface area (Å²) < 4.78 is 7.61. The number of aromatic nitrogens is 2. The van der Waals surface area contributed by atoms with E-state index in [-0.39, 0.29) is 12.6 Å². The number of carbonyl (C=O) groups excluding carboxylic acids is 1. The van der Waals surface area contributed by atoms with Crippen LogP contribution < -0.4 is 0 Å². The van der Waals surface area contributed by atoms with Gasteiger partial charge in [-0.1, -0.05) is 78.9 Å². The largest absolute Gasteiger partial charge is 0.461 e. The Morgan fingerprint density at radius 3 is 2.37 bits per heavy atom. The summed E-state index contributed by atoms with van der Waals surface area (Å²) >= 11 is 0. The SMILES string of the molecule is Cn1c(C(Cc2ccccc2)C(=O)OC/C=C/c2ccccc2)nc2ccccc21. The zero-order chi connectivity index (χ0) is 20.8. The molecule has 0 N–H and O–H groups in total. The Bertz CT molecular complexity index is 1150. The molecule has 150 valence electrons. The van der Waals surface area contributed by atoms with Crippen molar-refractivity contribution in [3.63, 3.8) is 0 Å². The van der Waals surface area contributed by atoms with Crippen molar-refractivity contribution in [2.45, 2.75) is 12.3 Å². The van der Waals surface area contributed by atoms with E-state index < -0.39 is 5.92 Å². The van der Waals surface area contributed by atoms with Crippen LogP contribution in [0, 0.1) is 0 Å². The first kappa shape index (κ1) is 19.6. The Hall–Kier alpha value is -3.66. The molecule has 30 heavy (non-hydrogen) atoms. The maximum atomic E-state index is 13.1. The van der Waals surface area contributed by atoms with E-state index in [9.17, 15) is 4.79 Å². The summed E-state index contributed by atoms with van der Waals surface area (Å²) in [5.41, 5.74) is 4.03. The standard InChI is InChI=1S/C26H24N2O2/c1-28-24-17-9-8-16-23(24)27-25(28)22(19-21-13-6-3-7-14-21)26(29)30-18-10-15-20-11-4-2-5-12-20/h2-17,22H,18-19H2,1H3/b15-10+. The summed E-state index contributed by atoms with van der Waals surface area (Å²) in [6.07, 6.45) is 4.36. The van der Waals surface area contributed by atoms with Crippen molar-refractivity contribution in [1.82, 2.24) is 9.55 Å². The highest BCUT2D eigenvalue weighted by atomic mass is 16.5. The van der Waals surface area contributed by atoms with Crippen molar-refractivity contribution in [2.24, 2.45) is 7.05 Å². The second-order valence-corrected chi connectivity index (χ2v) is 7.20. The highest BCUT2D eigenvalue weighted by Crippen LogP contribution is 2.25. The zero-order valence-electron chi connectivity index (χ0n) is 16.9. The van der Waals surface area contributed by atoms with Gasteiger partial charge in [0.15, 0.2) is 0 Å². The number of benzene rings is 3. The molecular formula is C26H24N2O2. The maximum absolute atomic E-state index is 13.1. The van der Waals surface area contributed by atoms with E-state index in [0.29, 0.717) is 6.42 Å². The van der Waals surface area contributed by atoms with Crippen LogP contribution in [0.4, 0.5) is 0 Å². The highest BCUT2D eigenvalue weighted by molar-refractivity contribution is 5.81. The van der Waals surface area contributed by atoms with E-state index >= 15 is 0 Å². The molecule has 0 saturated carbocycles. The van der Waals surface area contributed by atoms with Gasteiger partial charge in [0.2, 0.25) is 0 Å². The van der Waals surface area contributed by atoms with Crippen molar-refractivity contribution in [3.8, 4) is 0 Å². The van der Waals surface area contributed by atoms with Gasteiger partial charge in [0, 0.05) is 7.05 Å². The van der Waals surface area contributed by atoms with E-state index in [0.717, 1.165) is 28.0 Å². The molecule has 4 nitrogen and oxygen atoms in total. The Labute approximate surface area is 176 Å². The van der Waals surface area contributed by atoms with Crippen molar-refractivity contribution in [2.75, 3.05) is 6.61 Å². The molecule has 0 amide bonds. The first-order valence-corrected chi connectivity index (χ1v) is 10.1. The molecule has 1 heterocycles. The lowest BCUT2D eigenvalue weighted by Crippen LogP contribution is -2.21. The molecule has 0 fully saturated rings. The van der Waals surface area contributed by atoms with Gasteiger partial charge in [-0.2, -0.15) is 0 Å². The number of rotatable bonds is 7. The van der Waals surface area contributed by atoms with Gasteiger partial charge in [0.1, 0.15) is 18.3 Å². The Kier molecular flexibility index (Phi) is 6.04. The van der Waals surface area contributed by atoms with Crippen LogP contribution in [0.1, 0.15) is 22.9 Å². The average Bonchev–Trinajstić information content (AvgIpc) is 3.13. The smallest absolute Gasteiger partial charge is 0.317 e. The second-order valence-electron chi connectivity index (χ2n) is 7.20. The van der Waals surface area contributed by atoms with E-state index in [1.54, 1.807) is 0 Å². The molecule has 3 aromatic carbocycles. The Balaban J connectivity index is 1.55. The molecule has 1 unspecified atom stereocenters. The molecule has 4 heteroatoms. The summed E-state index contributed by atoms with van der Waals surface area (Å²) in [5, 5.41) is 0. The molecule has 1 atom stereocenters. The Morgan fingerprint density at radius 1 is 0.967 bits per heavy atom. The fraction of sp³-hybridized carbons (Fsp3) is 0.154. The van der Waals surface area contributed by atoms with Gasteiger partial charge in [0.25, 0.3) is 0 Å². The van der Waals surface area contributed by atoms with Crippen molar-refractivity contribution < 1.29 is 9.53 Å². The molecule has 0 saturated heterocycles. The number of carbonyl (C=O) groups is 1. The van der Waals surface area contributed by atoms with Gasteiger partial charge >= 0.3 is 5.97 Å². The third kappa shape index (κ3) is 4.49. The fourth-order valence-electron chi connectivity index (χ4n) is 3.58. The maximum Gasteiger partial charge on any atom is 0.317 e. The van der Waals surface area contributed by atoms with Crippen LogP contribution in [-0.4, -0.2) is 22.1 Å². The van der Waals surface area contributed by atoms with E-state index in [1.165, 1.54) is 0 Å². The topological polar surface area (TPSA) is 44.1 Å². The number of hydrogen-bond acceptors (Lipinski definition) is 3. The first-order valence-electron chi connectivity index (χ1n) is 10.1. The summed E-state index contributed by atoms with van der Waals surface area (Å²) in [5.74, 6) is -0.0259.